The summed E-state index contributed by atoms with van der Waals surface area (Å²) in [5, 5.41) is 40.5. The summed E-state index contributed by atoms with van der Waals surface area (Å²) in [5.74, 6) is -1.65. The molecule has 1 heterocycles. The summed E-state index contributed by atoms with van der Waals surface area (Å²) in [4.78, 5) is 12.4. The Bertz CT molecular complexity index is 897. The van der Waals surface area contributed by atoms with Gasteiger partial charge in [-0.15, -0.1) is 0 Å². The fraction of sp³-hybridized carbons (Fsp3) is 0.409. The van der Waals surface area contributed by atoms with Crippen molar-refractivity contribution in [2.24, 2.45) is 17.8 Å². The Morgan fingerprint density at radius 2 is 1.70 bits per heavy atom. The van der Waals surface area contributed by atoms with Gasteiger partial charge in [0.25, 0.3) is 0 Å². The number of methoxy groups -OCH3 is 2. The van der Waals surface area contributed by atoms with Gasteiger partial charge in [-0.2, -0.15) is 0 Å². The first-order valence-corrected chi connectivity index (χ1v) is 9.58. The van der Waals surface area contributed by atoms with Crippen LogP contribution < -0.4 is 9.47 Å². The molecule has 1 aliphatic rings. The van der Waals surface area contributed by atoms with Gasteiger partial charge in [0.2, 0.25) is 0 Å². The molecule has 0 saturated carbocycles. The molecule has 4 atom stereocenters. The van der Waals surface area contributed by atoms with Crippen LogP contribution in [0.25, 0.3) is 0 Å². The molecule has 0 bridgehead atoms. The van der Waals surface area contributed by atoms with Crippen LogP contribution in [0.5, 0.6) is 23.0 Å². The first-order chi connectivity index (χ1) is 14.4. The Morgan fingerprint density at radius 1 is 1.07 bits per heavy atom. The Balaban J connectivity index is 1.84. The van der Waals surface area contributed by atoms with Crippen LogP contribution in [0.4, 0.5) is 0 Å². The highest BCUT2D eigenvalue weighted by molar-refractivity contribution is 5.75. The van der Waals surface area contributed by atoms with Gasteiger partial charge in [0.1, 0.15) is 0 Å². The van der Waals surface area contributed by atoms with E-state index in [9.17, 15) is 25.2 Å². The molecule has 1 fully saturated rings. The lowest BCUT2D eigenvalue weighted by molar-refractivity contribution is -0.141. The van der Waals surface area contributed by atoms with Crippen molar-refractivity contribution in [2.75, 3.05) is 27.4 Å². The van der Waals surface area contributed by atoms with Crippen LogP contribution >= 0.6 is 0 Å². The van der Waals surface area contributed by atoms with Crippen molar-refractivity contribution in [3.8, 4) is 23.0 Å². The van der Waals surface area contributed by atoms with Crippen LogP contribution in [0.2, 0.25) is 0 Å². The SMILES string of the molecule is COc1cc(C[C@H]2C(=O)OC[C@@H]2C(CO)C(O)c2ccc(O)c(OC)c2)ccc1O. The fourth-order valence-corrected chi connectivity index (χ4v) is 3.93. The van der Waals surface area contributed by atoms with Crippen molar-refractivity contribution in [3.63, 3.8) is 0 Å². The molecule has 8 heteroatoms. The highest BCUT2D eigenvalue weighted by Crippen LogP contribution is 2.40. The second-order valence-corrected chi connectivity index (χ2v) is 7.33. The summed E-state index contributed by atoms with van der Waals surface area (Å²) in [6, 6.07) is 9.28. The van der Waals surface area contributed by atoms with Crippen LogP contribution in [0.15, 0.2) is 36.4 Å². The topological polar surface area (TPSA) is 126 Å². The first-order valence-electron chi connectivity index (χ1n) is 9.58. The zero-order chi connectivity index (χ0) is 21.8. The zero-order valence-corrected chi connectivity index (χ0v) is 16.8. The smallest absolute Gasteiger partial charge is 0.309 e. The number of ether oxygens (including phenoxy) is 3. The quantitative estimate of drug-likeness (QED) is 0.478. The molecule has 1 saturated heterocycles. The van der Waals surface area contributed by atoms with E-state index in [1.54, 1.807) is 18.2 Å². The van der Waals surface area contributed by atoms with E-state index in [0.717, 1.165) is 5.56 Å². The number of phenols is 2. The van der Waals surface area contributed by atoms with Gasteiger partial charge in [-0.05, 0) is 41.8 Å². The molecule has 2 aromatic rings. The van der Waals surface area contributed by atoms with Gasteiger partial charge in [0.05, 0.1) is 32.8 Å². The number of phenolic OH excluding ortho intramolecular Hbond substituents is 2. The van der Waals surface area contributed by atoms with Gasteiger partial charge in [-0.25, -0.2) is 0 Å². The molecule has 0 spiro atoms. The van der Waals surface area contributed by atoms with Gasteiger partial charge >= 0.3 is 5.97 Å². The molecule has 8 nitrogen and oxygen atoms in total. The molecule has 3 rings (SSSR count). The molecule has 162 valence electrons. The van der Waals surface area contributed by atoms with E-state index in [1.165, 1.54) is 32.4 Å². The summed E-state index contributed by atoms with van der Waals surface area (Å²) >= 11 is 0. The van der Waals surface area contributed by atoms with Gasteiger partial charge < -0.3 is 34.6 Å². The summed E-state index contributed by atoms with van der Waals surface area (Å²) in [6.07, 6.45) is -0.789. The third-order valence-corrected chi connectivity index (χ3v) is 5.65. The lowest BCUT2D eigenvalue weighted by Crippen LogP contribution is -2.32. The largest absolute Gasteiger partial charge is 0.504 e. The highest BCUT2D eigenvalue weighted by Gasteiger charge is 2.44. The van der Waals surface area contributed by atoms with Crippen molar-refractivity contribution in [2.45, 2.75) is 12.5 Å². The molecule has 1 aliphatic heterocycles. The Morgan fingerprint density at radius 3 is 2.33 bits per heavy atom. The number of benzene rings is 2. The number of hydrogen-bond acceptors (Lipinski definition) is 8. The Hall–Kier alpha value is -2.97. The van der Waals surface area contributed by atoms with Crippen molar-refractivity contribution >= 4 is 5.97 Å². The monoisotopic (exact) mass is 418 g/mol. The lowest BCUT2D eigenvalue weighted by atomic mass is 9.76. The maximum absolute atomic E-state index is 12.4. The molecule has 0 radical (unpaired) electrons. The van der Waals surface area contributed by atoms with Crippen molar-refractivity contribution in [3.05, 3.63) is 47.5 Å². The fourth-order valence-electron chi connectivity index (χ4n) is 3.93. The van der Waals surface area contributed by atoms with Gasteiger partial charge in [0, 0.05) is 18.4 Å². The standard InChI is InChI=1S/C22H26O8/c1-28-19-8-12(3-5-17(19)24)7-14-16(11-30-22(14)27)15(10-23)21(26)13-4-6-18(25)20(9-13)29-2/h3-6,8-9,14-16,21,23-26H,7,10-11H2,1-2H3/t14-,15?,16+,21?/m1/s1. The van der Waals surface area contributed by atoms with Crippen molar-refractivity contribution < 1.29 is 39.4 Å². The van der Waals surface area contributed by atoms with Crippen molar-refractivity contribution in [1.82, 2.24) is 0 Å². The number of esters is 1. The second kappa shape index (κ2) is 9.23. The molecule has 30 heavy (non-hydrogen) atoms. The molecule has 2 unspecified atom stereocenters. The van der Waals surface area contributed by atoms with E-state index >= 15 is 0 Å². The third-order valence-electron chi connectivity index (χ3n) is 5.65. The van der Waals surface area contributed by atoms with E-state index in [-0.39, 0.29) is 30.5 Å². The van der Waals surface area contributed by atoms with E-state index < -0.39 is 29.8 Å². The highest BCUT2D eigenvalue weighted by atomic mass is 16.5. The molecule has 4 N–H and O–H groups in total. The number of aliphatic hydroxyl groups is 2. The number of aliphatic hydroxyl groups excluding tert-OH is 2. The predicted molar refractivity (Wildman–Crippen MR) is 106 cm³/mol. The Kier molecular flexibility index (Phi) is 6.69. The zero-order valence-electron chi connectivity index (χ0n) is 16.8. The average molecular weight is 418 g/mol. The van der Waals surface area contributed by atoms with E-state index in [4.69, 9.17) is 14.2 Å². The molecule has 0 amide bonds. The molecule has 0 aromatic heterocycles. The molecular formula is C22H26O8. The van der Waals surface area contributed by atoms with Gasteiger partial charge in [-0.1, -0.05) is 12.1 Å². The average Bonchev–Trinajstić information content (AvgIpc) is 3.10. The number of aromatic hydroxyl groups is 2. The third kappa shape index (κ3) is 4.29. The van der Waals surface area contributed by atoms with Crippen LogP contribution in [-0.2, 0) is 16.0 Å². The van der Waals surface area contributed by atoms with Crippen LogP contribution in [-0.4, -0.2) is 53.8 Å². The Labute approximate surface area is 174 Å². The number of rotatable bonds is 8. The minimum absolute atomic E-state index is 0.00303. The van der Waals surface area contributed by atoms with Gasteiger partial charge in [-0.3, -0.25) is 4.79 Å². The summed E-state index contributed by atoms with van der Waals surface area (Å²) in [6.45, 7) is -0.280. The van der Waals surface area contributed by atoms with Crippen LogP contribution in [0.3, 0.4) is 0 Å². The molecule has 0 aliphatic carbocycles. The van der Waals surface area contributed by atoms with Crippen LogP contribution in [0.1, 0.15) is 17.2 Å². The van der Waals surface area contributed by atoms with Crippen LogP contribution in [0, 0.1) is 17.8 Å². The van der Waals surface area contributed by atoms with E-state index in [2.05, 4.69) is 0 Å². The second-order valence-electron chi connectivity index (χ2n) is 7.33. The van der Waals surface area contributed by atoms with E-state index in [0.29, 0.717) is 17.7 Å². The van der Waals surface area contributed by atoms with Gasteiger partial charge in [0.15, 0.2) is 23.0 Å². The van der Waals surface area contributed by atoms with Crippen molar-refractivity contribution in [1.29, 1.82) is 0 Å². The summed E-state index contributed by atoms with van der Waals surface area (Å²) in [5.41, 5.74) is 1.21. The summed E-state index contributed by atoms with van der Waals surface area (Å²) in [7, 11) is 2.84. The summed E-state index contributed by atoms with van der Waals surface area (Å²) < 4.78 is 15.5. The number of carbonyl (C=O) groups excluding carboxylic acids is 1. The molecule has 2 aromatic carbocycles. The lowest BCUT2D eigenvalue weighted by Gasteiger charge is -2.29. The maximum Gasteiger partial charge on any atom is 0.309 e. The first kappa shape index (κ1) is 21.7. The number of cyclic esters (lactones) is 1. The molecular weight excluding hydrogens is 392 g/mol. The maximum atomic E-state index is 12.4. The number of hydrogen-bond donors (Lipinski definition) is 4. The normalized spacial score (nSPS) is 20.5. The minimum atomic E-state index is -1.10. The van der Waals surface area contributed by atoms with E-state index in [1.807, 2.05) is 0 Å². The number of carbonyl (C=O) groups is 1. The minimum Gasteiger partial charge on any atom is -0.504 e. The predicted octanol–water partition coefficient (Wildman–Crippen LogP) is 1.79.